The van der Waals surface area contributed by atoms with Gasteiger partial charge in [-0.2, -0.15) is 0 Å². The monoisotopic (exact) mass is 234 g/mol. The SMILES string of the molecule is O=C(O)NC[C@@H]1CCCN1Cc1ccccc1. The second-order valence-corrected chi connectivity index (χ2v) is 4.44. The van der Waals surface area contributed by atoms with E-state index in [-0.39, 0.29) is 0 Å². The van der Waals surface area contributed by atoms with Crippen molar-refractivity contribution in [2.45, 2.75) is 25.4 Å². The standard InChI is InChI=1S/C13H18N2O2/c16-13(17)14-9-12-7-4-8-15(12)10-11-5-2-1-3-6-11/h1-3,5-6,12,14H,4,7-10H2,(H,16,17)/t12-/m0/s1. The first kappa shape index (κ1) is 11.9. The maximum atomic E-state index is 10.5. The molecular formula is C13H18N2O2. The average Bonchev–Trinajstić information content (AvgIpc) is 2.75. The number of carboxylic acid groups (broad SMARTS) is 1. The van der Waals surface area contributed by atoms with E-state index in [1.165, 1.54) is 5.56 Å². The van der Waals surface area contributed by atoms with Gasteiger partial charge in [-0.1, -0.05) is 30.3 Å². The van der Waals surface area contributed by atoms with Crippen LogP contribution < -0.4 is 5.32 Å². The highest BCUT2D eigenvalue weighted by Crippen LogP contribution is 2.19. The van der Waals surface area contributed by atoms with Gasteiger partial charge in [-0.05, 0) is 24.9 Å². The minimum Gasteiger partial charge on any atom is -0.465 e. The minimum atomic E-state index is -0.934. The summed E-state index contributed by atoms with van der Waals surface area (Å²) in [5.74, 6) is 0. The molecule has 1 amide bonds. The Morgan fingerprint density at radius 2 is 2.18 bits per heavy atom. The molecule has 1 aliphatic rings. The maximum Gasteiger partial charge on any atom is 0.404 e. The van der Waals surface area contributed by atoms with Gasteiger partial charge in [-0.3, -0.25) is 4.90 Å². The zero-order chi connectivity index (χ0) is 12.1. The summed E-state index contributed by atoms with van der Waals surface area (Å²) in [6.07, 6.45) is 1.29. The predicted molar refractivity (Wildman–Crippen MR) is 65.9 cm³/mol. The van der Waals surface area contributed by atoms with Crippen molar-refractivity contribution in [3.63, 3.8) is 0 Å². The summed E-state index contributed by atoms with van der Waals surface area (Å²) in [4.78, 5) is 12.8. The molecule has 2 N–H and O–H groups in total. The molecule has 0 saturated carbocycles. The van der Waals surface area contributed by atoms with Gasteiger partial charge in [0.2, 0.25) is 0 Å². The zero-order valence-corrected chi connectivity index (χ0v) is 9.80. The number of carbonyl (C=O) groups is 1. The Morgan fingerprint density at radius 3 is 2.88 bits per heavy atom. The fourth-order valence-electron chi connectivity index (χ4n) is 2.36. The van der Waals surface area contributed by atoms with Crippen molar-refractivity contribution in [1.29, 1.82) is 0 Å². The summed E-state index contributed by atoms with van der Waals surface area (Å²) < 4.78 is 0. The van der Waals surface area contributed by atoms with Crippen LogP contribution in [0.2, 0.25) is 0 Å². The van der Waals surface area contributed by atoms with Gasteiger partial charge in [0.1, 0.15) is 0 Å². The fraction of sp³-hybridized carbons (Fsp3) is 0.462. The van der Waals surface area contributed by atoms with Crippen LogP contribution in [0.25, 0.3) is 0 Å². The molecular weight excluding hydrogens is 216 g/mol. The van der Waals surface area contributed by atoms with Gasteiger partial charge in [0.05, 0.1) is 0 Å². The molecule has 0 aromatic heterocycles. The smallest absolute Gasteiger partial charge is 0.404 e. The lowest BCUT2D eigenvalue weighted by Gasteiger charge is -2.24. The zero-order valence-electron chi connectivity index (χ0n) is 9.80. The van der Waals surface area contributed by atoms with Crippen molar-refractivity contribution in [1.82, 2.24) is 10.2 Å². The number of nitrogens with zero attached hydrogens (tertiary/aromatic N) is 1. The van der Waals surface area contributed by atoms with Crippen molar-refractivity contribution < 1.29 is 9.90 Å². The number of benzene rings is 1. The Hall–Kier alpha value is -1.55. The van der Waals surface area contributed by atoms with Crippen LogP contribution in [0.1, 0.15) is 18.4 Å². The first-order valence-electron chi connectivity index (χ1n) is 6.00. The molecule has 1 aromatic rings. The van der Waals surface area contributed by atoms with Crippen LogP contribution in [-0.2, 0) is 6.54 Å². The van der Waals surface area contributed by atoms with Crippen LogP contribution in [0.15, 0.2) is 30.3 Å². The average molecular weight is 234 g/mol. The Balaban J connectivity index is 1.89. The van der Waals surface area contributed by atoms with Crippen LogP contribution in [0.3, 0.4) is 0 Å². The second-order valence-electron chi connectivity index (χ2n) is 4.44. The summed E-state index contributed by atoms with van der Waals surface area (Å²) >= 11 is 0. The third-order valence-electron chi connectivity index (χ3n) is 3.22. The topological polar surface area (TPSA) is 52.6 Å². The first-order chi connectivity index (χ1) is 8.25. The molecule has 4 heteroatoms. The van der Waals surface area contributed by atoms with Gasteiger partial charge in [0.25, 0.3) is 0 Å². The molecule has 1 fully saturated rings. The molecule has 2 rings (SSSR count). The molecule has 1 saturated heterocycles. The first-order valence-corrected chi connectivity index (χ1v) is 6.00. The van der Waals surface area contributed by atoms with Crippen LogP contribution in [-0.4, -0.2) is 35.2 Å². The number of hydrogen-bond acceptors (Lipinski definition) is 2. The number of rotatable bonds is 4. The van der Waals surface area contributed by atoms with Crippen LogP contribution in [0, 0.1) is 0 Å². The van der Waals surface area contributed by atoms with E-state index in [0.717, 1.165) is 25.9 Å². The largest absolute Gasteiger partial charge is 0.465 e. The van der Waals surface area contributed by atoms with Crippen molar-refractivity contribution in [2.75, 3.05) is 13.1 Å². The van der Waals surface area contributed by atoms with E-state index in [9.17, 15) is 4.79 Å². The van der Waals surface area contributed by atoms with Crippen molar-refractivity contribution in [3.05, 3.63) is 35.9 Å². The molecule has 1 aliphatic heterocycles. The number of nitrogens with one attached hydrogen (secondary N) is 1. The van der Waals surface area contributed by atoms with Gasteiger partial charge >= 0.3 is 6.09 Å². The van der Waals surface area contributed by atoms with E-state index in [4.69, 9.17) is 5.11 Å². The summed E-state index contributed by atoms with van der Waals surface area (Å²) in [5.41, 5.74) is 1.29. The van der Waals surface area contributed by atoms with Gasteiger partial charge in [0.15, 0.2) is 0 Å². The quantitative estimate of drug-likeness (QED) is 0.836. The normalized spacial score (nSPS) is 20.4. The van der Waals surface area contributed by atoms with Gasteiger partial charge in [0, 0.05) is 19.1 Å². The van der Waals surface area contributed by atoms with E-state index in [1.54, 1.807) is 0 Å². The second kappa shape index (κ2) is 5.68. The number of hydrogen-bond donors (Lipinski definition) is 2. The molecule has 1 atom stereocenters. The lowest BCUT2D eigenvalue weighted by atomic mass is 10.2. The highest BCUT2D eigenvalue weighted by Gasteiger charge is 2.24. The highest BCUT2D eigenvalue weighted by molar-refractivity contribution is 5.64. The molecule has 0 unspecified atom stereocenters. The molecule has 0 spiro atoms. The summed E-state index contributed by atoms with van der Waals surface area (Å²) in [6.45, 7) is 2.50. The predicted octanol–water partition coefficient (Wildman–Crippen LogP) is 1.92. The van der Waals surface area contributed by atoms with Gasteiger partial charge < -0.3 is 10.4 Å². The summed E-state index contributed by atoms with van der Waals surface area (Å²) in [6, 6.07) is 10.6. The third kappa shape index (κ3) is 3.46. The Labute approximate surface area is 101 Å². The molecule has 4 nitrogen and oxygen atoms in total. The lowest BCUT2D eigenvalue weighted by Crippen LogP contribution is -2.39. The van der Waals surface area contributed by atoms with E-state index in [2.05, 4.69) is 22.3 Å². The number of likely N-dealkylation sites (tertiary alicyclic amines) is 1. The minimum absolute atomic E-state index is 0.339. The summed E-state index contributed by atoms with van der Waals surface area (Å²) in [7, 11) is 0. The fourth-order valence-corrected chi connectivity index (χ4v) is 2.36. The summed E-state index contributed by atoms with van der Waals surface area (Å²) in [5, 5.41) is 11.1. The lowest BCUT2D eigenvalue weighted by molar-refractivity contribution is 0.185. The number of amides is 1. The Kier molecular flexibility index (Phi) is 3.98. The molecule has 0 radical (unpaired) electrons. The highest BCUT2D eigenvalue weighted by atomic mass is 16.4. The molecule has 0 aliphatic carbocycles. The van der Waals surface area contributed by atoms with Gasteiger partial charge in [-0.15, -0.1) is 0 Å². The van der Waals surface area contributed by atoms with Crippen molar-refractivity contribution >= 4 is 6.09 Å². The van der Waals surface area contributed by atoms with Crippen LogP contribution >= 0.6 is 0 Å². The molecule has 17 heavy (non-hydrogen) atoms. The Morgan fingerprint density at radius 1 is 1.41 bits per heavy atom. The van der Waals surface area contributed by atoms with Gasteiger partial charge in [-0.25, -0.2) is 4.79 Å². The van der Waals surface area contributed by atoms with E-state index >= 15 is 0 Å². The maximum absolute atomic E-state index is 10.5. The van der Waals surface area contributed by atoms with Crippen molar-refractivity contribution in [3.8, 4) is 0 Å². The molecule has 92 valence electrons. The van der Waals surface area contributed by atoms with Crippen LogP contribution in [0.5, 0.6) is 0 Å². The van der Waals surface area contributed by atoms with E-state index in [0.29, 0.717) is 12.6 Å². The molecule has 0 bridgehead atoms. The molecule has 1 heterocycles. The van der Waals surface area contributed by atoms with E-state index in [1.807, 2.05) is 18.2 Å². The Bertz CT molecular complexity index is 367. The molecule has 1 aromatic carbocycles. The van der Waals surface area contributed by atoms with Crippen molar-refractivity contribution in [2.24, 2.45) is 0 Å². The van der Waals surface area contributed by atoms with Crippen LogP contribution in [0.4, 0.5) is 4.79 Å². The third-order valence-corrected chi connectivity index (χ3v) is 3.22. The van der Waals surface area contributed by atoms with E-state index < -0.39 is 6.09 Å².